The Balaban J connectivity index is 2.76. The summed E-state index contributed by atoms with van der Waals surface area (Å²) < 4.78 is 26.1. The van der Waals surface area contributed by atoms with E-state index in [1.54, 1.807) is 0 Å². The van der Waals surface area contributed by atoms with Gasteiger partial charge in [-0.1, -0.05) is 15.9 Å². The van der Waals surface area contributed by atoms with Gasteiger partial charge < -0.3 is 4.79 Å². The zero-order chi connectivity index (χ0) is 8.43. The van der Waals surface area contributed by atoms with E-state index in [0.717, 1.165) is 0 Å². The Kier molecular flexibility index (Phi) is 2.76. The Morgan fingerprint density at radius 2 is 2.27 bits per heavy atom. The van der Waals surface area contributed by atoms with Crippen molar-refractivity contribution in [3.8, 4) is 0 Å². The number of carbonyl (C=O) groups is 1. The molecule has 1 aliphatic carbocycles. The molecule has 0 saturated heterocycles. The first-order valence-corrected chi connectivity index (χ1v) is 4.04. The standard InChI is InChI=1S/C7H7BrF2O/c8-4-1-6(9)5(3-11)7(10)2-4/h1,3,5-7H,2H2/t5?,6-,7+/m1/s1. The Morgan fingerprint density at radius 1 is 1.64 bits per heavy atom. The molecule has 0 saturated carbocycles. The lowest BCUT2D eigenvalue weighted by atomic mass is 9.92. The van der Waals surface area contributed by atoms with E-state index < -0.39 is 18.3 Å². The van der Waals surface area contributed by atoms with E-state index in [0.29, 0.717) is 10.8 Å². The van der Waals surface area contributed by atoms with E-state index in [1.807, 2.05) is 0 Å². The molecular formula is C7H7BrF2O. The first-order chi connectivity index (χ1) is 5.15. The quantitative estimate of drug-likeness (QED) is 0.625. The molecule has 4 heteroatoms. The van der Waals surface area contributed by atoms with Crippen LogP contribution in [0.25, 0.3) is 0 Å². The van der Waals surface area contributed by atoms with E-state index in [2.05, 4.69) is 15.9 Å². The topological polar surface area (TPSA) is 17.1 Å². The van der Waals surface area contributed by atoms with Crippen molar-refractivity contribution in [1.82, 2.24) is 0 Å². The Morgan fingerprint density at radius 3 is 2.73 bits per heavy atom. The van der Waals surface area contributed by atoms with Crippen molar-refractivity contribution in [2.24, 2.45) is 5.92 Å². The normalized spacial score (nSPS) is 38.1. The van der Waals surface area contributed by atoms with Crippen LogP contribution in [0.1, 0.15) is 6.42 Å². The molecule has 1 unspecified atom stereocenters. The highest BCUT2D eigenvalue weighted by atomic mass is 79.9. The van der Waals surface area contributed by atoms with Crippen LogP contribution in [-0.2, 0) is 4.79 Å². The van der Waals surface area contributed by atoms with Crippen molar-refractivity contribution in [3.63, 3.8) is 0 Å². The van der Waals surface area contributed by atoms with Crippen molar-refractivity contribution in [3.05, 3.63) is 10.6 Å². The summed E-state index contributed by atoms with van der Waals surface area (Å²) in [5.41, 5.74) is 0. The number of halogens is 3. The number of rotatable bonds is 1. The third-order valence-corrected chi connectivity index (χ3v) is 2.26. The molecule has 0 bridgehead atoms. The molecule has 0 aliphatic heterocycles. The van der Waals surface area contributed by atoms with Crippen molar-refractivity contribution < 1.29 is 13.6 Å². The van der Waals surface area contributed by atoms with E-state index in [-0.39, 0.29) is 6.42 Å². The van der Waals surface area contributed by atoms with Crippen LogP contribution in [0.15, 0.2) is 10.6 Å². The highest BCUT2D eigenvalue weighted by Gasteiger charge is 2.32. The molecule has 11 heavy (non-hydrogen) atoms. The van der Waals surface area contributed by atoms with E-state index in [4.69, 9.17) is 0 Å². The number of alkyl halides is 2. The summed E-state index contributed by atoms with van der Waals surface area (Å²) in [6.45, 7) is 0. The fourth-order valence-corrected chi connectivity index (χ4v) is 1.60. The first kappa shape index (κ1) is 8.84. The molecular weight excluding hydrogens is 218 g/mol. The fourth-order valence-electron chi connectivity index (χ4n) is 1.03. The third-order valence-electron chi connectivity index (χ3n) is 1.67. The van der Waals surface area contributed by atoms with Gasteiger partial charge in [0.05, 0.1) is 5.92 Å². The van der Waals surface area contributed by atoms with Crippen LogP contribution >= 0.6 is 15.9 Å². The molecule has 0 N–H and O–H groups in total. The Hall–Kier alpha value is -0.250. The summed E-state index contributed by atoms with van der Waals surface area (Å²) in [6.07, 6.45) is -1.20. The first-order valence-electron chi connectivity index (χ1n) is 3.24. The molecule has 0 amide bonds. The maximum atomic E-state index is 12.8. The highest BCUT2D eigenvalue weighted by Crippen LogP contribution is 2.30. The smallest absolute Gasteiger partial charge is 0.132 e. The number of hydrogen-bond donors (Lipinski definition) is 0. The zero-order valence-electron chi connectivity index (χ0n) is 5.64. The zero-order valence-corrected chi connectivity index (χ0v) is 7.22. The van der Waals surface area contributed by atoms with Crippen LogP contribution in [0.4, 0.5) is 8.78 Å². The summed E-state index contributed by atoms with van der Waals surface area (Å²) in [4.78, 5) is 10.2. The average Bonchev–Trinajstić information content (AvgIpc) is 1.85. The molecule has 0 radical (unpaired) electrons. The second-order valence-corrected chi connectivity index (χ2v) is 3.51. The monoisotopic (exact) mass is 224 g/mol. The summed E-state index contributed by atoms with van der Waals surface area (Å²) >= 11 is 2.99. The number of allylic oxidation sites excluding steroid dienone is 2. The van der Waals surface area contributed by atoms with Crippen LogP contribution in [0.3, 0.4) is 0 Å². The Labute approximate surface area is 71.6 Å². The Bertz CT molecular complexity index is 193. The molecule has 0 aromatic carbocycles. The van der Waals surface area contributed by atoms with E-state index in [9.17, 15) is 13.6 Å². The lowest BCUT2D eigenvalue weighted by molar-refractivity contribution is -0.114. The van der Waals surface area contributed by atoms with Gasteiger partial charge in [0.15, 0.2) is 0 Å². The maximum Gasteiger partial charge on any atom is 0.132 e. The summed E-state index contributed by atoms with van der Waals surface area (Å²) in [5, 5.41) is 0. The van der Waals surface area contributed by atoms with Gasteiger partial charge in [0, 0.05) is 6.42 Å². The molecule has 1 nitrogen and oxygen atoms in total. The van der Waals surface area contributed by atoms with Crippen molar-refractivity contribution in [2.45, 2.75) is 18.8 Å². The van der Waals surface area contributed by atoms with Crippen molar-refractivity contribution in [2.75, 3.05) is 0 Å². The fraction of sp³-hybridized carbons (Fsp3) is 0.571. The van der Waals surface area contributed by atoms with Gasteiger partial charge in [0.1, 0.15) is 18.6 Å². The van der Waals surface area contributed by atoms with Gasteiger partial charge in [0.2, 0.25) is 0 Å². The number of carbonyl (C=O) groups excluding carboxylic acids is 1. The molecule has 1 aliphatic rings. The van der Waals surface area contributed by atoms with Crippen LogP contribution in [0.2, 0.25) is 0 Å². The number of hydrogen-bond acceptors (Lipinski definition) is 1. The largest absolute Gasteiger partial charge is 0.303 e. The maximum absolute atomic E-state index is 12.8. The minimum Gasteiger partial charge on any atom is -0.303 e. The number of aldehydes is 1. The molecule has 1 rings (SSSR count). The van der Waals surface area contributed by atoms with Crippen molar-refractivity contribution >= 4 is 22.2 Å². The predicted molar refractivity (Wildman–Crippen MR) is 41.0 cm³/mol. The lowest BCUT2D eigenvalue weighted by Crippen LogP contribution is -2.29. The molecule has 0 heterocycles. The molecule has 3 atom stereocenters. The minimum absolute atomic E-state index is 0.101. The van der Waals surface area contributed by atoms with E-state index in [1.165, 1.54) is 6.08 Å². The molecule has 0 spiro atoms. The summed E-state index contributed by atoms with van der Waals surface area (Å²) in [5.74, 6) is -1.11. The lowest BCUT2D eigenvalue weighted by Gasteiger charge is -2.22. The predicted octanol–water partition coefficient (Wildman–Crippen LogP) is 2.16. The molecule has 62 valence electrons. The van der Waals surface area contributed by atoms with Crippen LogP contribution in [0, 0.1) is 5.92 Å². The van der Waals surface area contributed by atoms with E-state index >= 15 is 0 Å². The van der Waals surface area contributed by atoms with Gasteiger partial charge in [-0.3, -0.25) is 0 Å². The highest BCUT2D eigenvalue weighted by molar-refractivity contribution is 9.11. The van der Waals surface area contributed by atoms with Crippen LogP contribution < -0.4 is 0 Å². The molecule has 0 aromatic heterocycles. The minimum atomic E-state index is -1.48. The second-order valence-electron chi connectivity index (χ2n) is 2.49. The van der Waals surface area contributed by atoms with Gasteiger partial charge >= 0.3 is 0 Å². The SMILES string of the molecule is O=CC1[C@H](F)C=C(Br)C[C@@H]1F. The summed E-state index contributed by atoms with van der Waals surface area (Å²) in [6, 6.07) is 0. The van der Waals surface area contributed by atoms with Crippen LogP contribution in [0.5, 0.6) is 0 Å². The van der Waals surface area contributed by atoms with Gasteiger partial charge in [-0.25, -0.2) is 8.78 Å². The van der Waals surface area contributed by atoms with Gasteiger partial charge in [0.25, 0.3) is 0 Å². The van der Waals surface area contributed by atoms with Gasteiger partial charge in [-0.2, -0.15) is 0 Å². The summed E-state index contributed by atoms with van der Waals surface area (Å²) in [7, 11) is 0. The second kappa shape index (κ2) is 3.43. The van der Waals surface area contributed by atoms with Gasteiger partial charge in [-0.15, -0.1) is 0 Å². The molecule has 0 aromatic rings. The average molecular weight is 225 g/mol. The van der Waals surface area contributed by atoms with Gasteiger partial charge in [-0.05, 0) is 10.6 Å². The molecule has 0 fully saturated rings. The third kappa shape index (κ3) is 1.86. The van der Waals surface area contributed by atoms with Crippen LogP contribution in [-0.4, -0.2) is 18.6 Å². The van der Waals surface area contributed by atoms with Crippen molar-refractivity contribution in [1.29, 1.82) is 0 Å².